The molecule has 4 N–H and O–H groups in total. The molecule has 0 aromatic heterocycles. The van der Waals surface area contributed by atoms with Crippen LogP contribution in [0.15, 0.2) is 42.5 Å². The van der Waals surface area contributed by atoms with Gasteiger partial charge in [-0.1, -0.05) is 65.3 Å². The van der Waals surface area contributed by atoms with Gasteiger partial charge in [-0.2, -0.15) is 0 Å². The van der Waals surface area contributed by atoms with Crippen LogP contribution in [-0.4, -0.2) is 17.6 Å². The van der Waals surface area contributed by atoms with Crippen LogP contribution < -0.4 is 11.1 Å². The van der Waals surface area contributed by atoms with Gasteiger partial charge in [-0.25, -0.2) is 0 Å². The molecule has 2 rings (SSSR count). The third kappa shape index (κ3) is 6.61. The average molecular weight is 396 g/mol. The Bertz CT molecular complexity index is 768. The molecule has 1 amide bonds. The lowest BCUT2D eigenvalue weighted by molar-refractivity contribution is -0.120. The van der Waals surface area contributed by atoms with E-state index in [0.29, 0.717) is 35.2 Å². The number of rotatable bonds is 7. The minimum Gasteiger partial charge on any atom is -0.379 e. The first kappa shape index (κ1) is 19.6. The Labute approximate surface area is 161 Å². The number of hydrogen-bond donors (Lipinski definition) is 3. The van der Waals surface area contributed by atoms with Crippen molar-refractivity contribution in [3.05, 3.63) is 69.2 Å². The number of halogens is 2. The molecule has 0 saturated heterocycles. The first-order valence-corrected chi connectivity index (χ1v) is 9.44. The molecule has 0 spiro atoms. The van der Waals surface area contributed by atoms with Gasteiger partial charge in [0.2, 0.25) is 5.91 Å². The molecule has 0 unspecified atom stereocenters. The van der Waals surface area contributed by atoms with Crippen molar-refractivity contribution in [3.63, 3.8) is 0 Å². The van der Waals surface area contributed by atoms with Gasteiger partial charge in [0, 0.05) is 12.3 Å². The summed E-state index contributed by atoms with van der Waals surface area (Å²) in [6, 6.07) is 13.2. The number of amides is 1. The van der Waals surface area contributed by atoms with Crippen LogP contribution in [0.3, 0.4) is 0 Å². The monoisotopic (exact) mass is 395 g/mol. The highest BCUT2D eigenvalue weighted by molar-refractivity contribution is 8.13. The predicted molar refractivity (Wildman–Crippen MR) is 107 cm³/mol. The van der Waals surface area contributed by atoms with Gasteiger partial charge in [-0.3, -0.25) is 10.2 Å². The van der Waals surface area contributed by atoms with Crippen LogP contribution in [-0.2, 0) is 23.4 Å². The molecule has 2 aromatic rings. The SMILES string of the molecule is N=C(N)SCc1ccccc1CC(=O)NCCc1ccc(Cl)c(Cl)c1. The number of amidine groups is 1. The maximum Gasteiger partial charge on any atom is 0.224 e. The second-order valence-electron chi connectivity index (χ2n) is 5.45. The van der Waals surface area contributed by atoms with Crippen molar-refractivity contribution < 1.29 is 4.79 Å². The molecule has 132 valence electrons. The van der Waals surface area contributed by atoms with E-state index in [1.165, 1.54) is 11.8 Å². The molecule has 0 aliphatic rings. The third-order valence-electron chi connectivity index (χ3n) is 3.57. The van der Waals surface area contributed by atoms with Crippen LogP contribution in [0, 0.1) is 5.41 Å². The first-order valence-electron chi connectivity index (χ1n) is 7.70. The second kappa shape index (κ2) is 9.70. The Balaban J connectivity index is 1.85. The van der Waals surface area contributed by atoms with E-state index >= 15 is 0 Å². The van der Waals surface area contributed by atoms with Crippen molar-refractivity contribution in [2.45, 2.75) is 18.6 Å². The van der Waals surface area contributed by atoms with Gasteiger partial charge in [-0.05, 0) is 35.2 Å². The molecule has 0 atom stereocenters. The van der Waals surface area contributed by atoms with E-state index in [4.69, 9.17) is 34.3 Å². The van der Waals surface area contributed by atoms with Crippen molar-refractivity contribution >= 4 is 46.0 Å². The molecular weight excluding hydrogens is 377 g/mol. The molecule has 25 heavy (non-hydrogen) atoms. The standard InChI is InChI=1S/C18H19Cl2N3OS/c19-15-6-5-12(9-16(15)20)7-8-23-17(24)10-13-3-1-2-4-14(13)11-25-18(21)22/h1-6,9H,7-8,10-11H2,(H3,21,22)(H,23,24). The van der Waals surface area contributed by atoms with E-state index < -0.39 is 0 Å². The Kier molecular flexibility index (Phi) is 7.62. The van der Waals surface area contributed by atoms with Gasteiger partial charge in [0.15, 0.2) is 5.17 Å². The summed E-state index contributed by atoms with van der Waals surface area (Å²) in [5.41, 5.74) is 8.37. The van der Waals surface area contributed by atoms with Gasteiger partial charge in [0.1, 0.15) is 0 Å². The van der Waals surface area contributed by atoms with Gasteiger partial charge in [0.05, 0.1) is 16.5 Å². The summed E-state index contributed by atoms with van der Waals surface area (Å²) in [5.74, 6) is 0.544. The zero-order chi connectivity index (χ0) is 18.2. The fraction of sp³-hybridized carbons (Fsp3) is 0.222. The molecule has 0 radical (unpaired) electrons. The van der Waals surface area contributed by atoms with Crippen LogP contribution in [0.1, 0.15) is 16.7 Å². The number of thioether (sulfide) groups is 1. The van der Waals surface area contributed by atoms with Crippen LogP contribution in [0.4, 0.5) is 0 Å². The largest absolute Gasteiger partial charge is 0.379 e. The van der Waals surface area contributed by atoms with Crippen LogP contribution in [0.25, 0.3) is 0 Å². The quantitative estimate of drug-likeness (QED) is 0.489. The van der Waals surface area contributed by atoms with E-state index in [9.17, 15) is 4.79 Å². The highest BCUT2D eigenvalue weighted by Crippen LogP contribution is 2.22. The Morgan fingerprint density at radius 2 is 1.84 bits per heavy atom. The summed E-state index contributed by atoms with van der Waals surface area (Å²) >= 11 is 13.1. The lowest BCUT2D eigenvalue weighted by Crippen LogP contribution is -2.27. The average Bonchev–Trinajstić information content (AvgIpc) is 2.57. The van der Waals surface area contributed by atoms with Crippen molar-refractivity contribution in [2.75, 3.05) is 6.54 Å². The van der Waals surface area contributed by atoms with E-state index in [1.807, 2.05) is 36.4 Å². The van der Waals surface area contributed by atoms with Crippen molar-refractivity contribution in [2.24, 2.45) is 5.73 Å². The zero-order valence-corrected chi connectivity index (χ0v) is 15.8. The molecule has 0 bridgehead atoms. The third-order valence-corrected chi connectivity index (χ3v) is 5.08. The smallest absolute Gasteiger partial charge is 0.224 e. The zero-order valence-electron chi connectivity index (χ0n) is 13.5. The fourth-order valence-electron chi connectivity index (χ4n) is 2.30. The molecule has 0 aliphatic carbocycles. The summed E-state index contributed by atoms with van der Waals surface area (Å²) in [5, 5.41) is 11.3. The molecular formula is C18H19Cl2N3OS. The fourth-order valence-corrected chi connectivity index (χ4v) is 3.22. The molecule has 0 fully saturated rings. The Hall–Kier alpha value is -1.69. The number of carbonyl (C=O) groups excluding carboxylic acids is 1. The molecule has 0 saturated carbocycles. The second-order valence-corrected chi connectivity index (χ2v) is 7.28. The summed E-state index contributed by atoms with van der Waals surface area (Å²) in [7, 11) is 0. The van der Waals surface area contributed by atoms with Crippen molar-refractivity contribution in [1.82, 2.24) is 5.32 Å². The van der Waals surface area contributed by atoms with Crippen molar-refractivity contribution in [1.29, 1.82) is 5.41 Å². The highest BCUT2D eigenvalue weighted by atomic mass is 35.5. The highest BCUT2D eigenvalue weighted by Gasteiger charge is 2.08. The normalized spacial score (nSPS) is 10.5. The van der Waals surface area contributed by atoms with Crippen LogP contribution in [0.5, 0.6) is 0 Å². The topological polar surface area (TPSA) is 79.0 Å². The Morgan fingerprint density at radius 1 is 1.12 bits per heavy atom. The van der Waals surface area contributed by atoms with E-state index in [1.54, 1.807) is 6.07 Å². The Morgan fingerprint density at radius 3 is 2.52 bits per heavy atom. The number of benzene rings is 2. The lowest BCUT2D eigenvalue weighted by Gasteiger charge is -2.10. The summed E-state index contributed by atoms with van der Waals surface area (Å²) < 4.78 is 0. The molecule has 0 heterocycles. The summed E-state index contributed by atoms with van der Waals surface area (Å²) in [4.78, 5) is 12.2. The van der Waals surface area contributed by atoms with Gasteiger partial charge >= 0.3 is 0 Å². The van der Waals surface area contributed by atoms with Crippen LogP contribution >= 0.6 is 35.0 Å². The van der Waals surface area contributed by atoms with E-state index in [0.717, 1.165) is 16.7 Å². The first-order chi connectivity index (χ1) is 12.0. The summed E-state index contributed by atoms with van der Waals surface area (Å²) in [6.07, 6.45) is 0.987. The minimum absolute atomic E-state index is 0.0414. The van der Waals surface area contributed by atoms with E-state index in [2.05, 4.69) is 5.32 Å². The predicted octanol–water partition coefficient (Wildman–Crippen LogP) is 4.02. The van der Waals surface area contributed by atoms with Gasteiger partial charge in [0.25, 0.3) is 0 Å². The summed E-state index contributed by atoms with van der Waals surface area (Å²) in [6.45, 7) is 0.529. The van der Waals surface area contributed by atoms with Crippen molar-refractivity contribution in [3.8, 4) is 0 Å². The van der Waals surface area contributed by atoms with Gasteiger partial charge in [-0.15, -0.1) is 0 Å². The molecule has 2 aromatic carbocycles. The minimum atomic E-state index is -0.0414. The molecule has 0 aliphatic heterocycles. The molecule has 4 nitrogen and oxygen atoms in total. The molecule has 7 heteroatoms. The maximum absolute atomic E-state index is 12.2. The maximum atomic E-state index is 12.2. The van der Waals surface area contributed by atoms with E-state index in [-0.39, 0.29) is 11.1 Å². The number of hydrogen-bond acceptors (Lipinski definition) is 3. The lowest BCUT2D eigenvalue weighted by atomic mass is 10.1. The van der Waals surface area contributed by atoms with Crippen LogP contribution in [0.2, 0.25) is 10.0 Å². The number of carbonyl (C=O) groups is 1. The number of nitrogens with one attached hydrogen (secondary N) is 2. The van der Waals surface area contributed by atoms with Gasteiger partial charge < -0.3 is 11.1 Å². The number of nitrogens with two attached hydrogens (primary N) is 1.